The van der Waals surface area contributed by atoms with Gasteiger partial charge in [-0.1, -0.05) is 6.07 Å². The van der Waals surface area contributed by atoms with E-state index in [4.69, 9.17) is 4.74 Å². The molecule has 0 aliphatic rings. The lowest BCUT2D eigenvalue weighted by atomic mass is 10.2. The fourth-order valence-electron chi connectivity index (χ4n) is 3.52. The molecule has 182 valence electrons. The molecule has 5 aromatic rings. The minimum absolute atomic E-state index is 0.230. The molecule has 0 fully saturated rings. The highest BCUT2D eigenvalue weighted by Gasteiger charge is 2.20. The Morgan fingerprint density at radius 1 is 1.00 bits per heavy atom. The first-order chi connectivity index (χ1) is 17.2. The van der Waals surface area contributed by atoms with Crippen molar-refractivity contribution >= 4 is 26.7 Å². The number of pyridine rings is 1. The maximum Gasteiger partial charge on any atom is 0.264 e. The summed E-state index contributed by atoms with van der Waals surface area (Å²) in [6.07, 6.45) is 1.42. The Morgan fingerprint density at radius 3 is 2.50 bits per heavy atom. The lowest BCUT2D eigenvalue weighted by Gasteiger charge is -2.11. The summed E-state index contributed by atoms with van der Waals surface area (Å²) in [5.74, 6) is 0.0468. The Labute approximate surface area is 204 Å². The standard InChI is InChI=1S/C24H19FN6O4S/c1-13-3-9-18(25)19(11-13)36(33,34)31-16-6-4-15(5-7-16)22-27-23-21(14(2)29-30-23)24(28-22)35-17-8-10-20(32)26-12-17/h3-12,31H,1-2H3,(H,26,32)(H,27,28,29,30). The number of hydrogen-bond acceptors (Lipinski definition) is 7. The molecule has 3 aromatic heterocycles. The molecule has 0 amide bonds. The number of benzene rings is 2. The van der Waals surface area contributed by atoms with Gasteiger partial charge in [-0.3, -0.25) is 14.6 Å². The summed E-state index contributed by atoms with van der Waals surface area (Å²) in [6, 6.07) is 13.0. The van der Waals surface area contributed by atoms with E-state index in [0.717, 1.165) is 6.07 Å². The van der Waals surface area contributed by atoms with Crippen LogP contribution in [-0.4, -0.2) is 33.6 Å². The van der Waals surface area contributed by atoms with Gasteiger partial charge in [-0.05, 0) is 61.9 Å². The van der Waals surface area contributed by atoms with Crippen molar-refractivity contribution in [3.05, 3.63) is 88.2 Å². The number of sulfonamides is 1. The number of halogens is 1. The summed E-state index contributed by atoms with van der Waals surface area (Å²) in [6.45, 7) is 3.48. The van der Waals surface area contributed by atoms with Gasteiger partial charge in [0.1, 0.15) is 21.8 Å². The lowest BCUT2D eigenvalue weighted by molar-refractivity contribution is 0.466. The predicted molar refractivity (Wildman–Crippen MR) is 131 cm³/mol. The Morgan fingerprint density at radius 2 is 1.78 bits per heavy atom. The first kappa shape index (κ1) is 23.2. The van der Waals surface area contributed by atoms with Crippen molar-refractivity contribution < 1.29 is 17.5 Å². The summed E-state index contributed by atoms with van der Waals surface area (Å²) < 4.78 is 47.8. The van der Waals surface area contributed by atoms with E-state index in [1.165, 1.54) is 42.6 Å². The van der Waals surface area contributed by atoms with Gasteiger partial charge in [0.25, 0.3) is 10.0 Å². The summed E-state index contributed by atoms with van der Waals surface area (Å²) in [4.78, 5) is 22.5. The highest BCUT2D eigenvalue weighted by molar-refractivity contribution is 7.92. The van der Waals surface area contributed by atoms with Crippen LogP contribution < -0.4 is 15.0 Å². The quantitative estimate of drug-likeness (QED) is 0.315. The van der Waals surface area contributed by atoms with Gasteiger partial charge < -0.3 is 9.72 Å². The molecule has 10 nitrogen and oxygen atoms in total. The van der Waals surface area contributed by atoms with Gasteiger partial charge in [0.15, 0.2) is 11.5 Å². The van der Waals surface area contributed by atoms with E-state index in [9.17, 15) is 17.6 Å². The number of nitrogens with zero attached hydrogens (tertiary/aromatic N) is 3. The van der Waals surface area contributed by atoms with Crippen LogP contribution in [0.5, 0.6) is 11.6 Å². The largest absolute Gasteiger partial charge is 0.437 e. The Bertz CT molecular complexity index is 1740. The molecule has 0 aliphatic heterocycles. The summed E-state index contributed by atoms with van der Waals surface area (Å²) in [7, 11) is -4.13. The molecule has 0 radical (unpaired) electrons. The number of aromatic nitrogens is 5. The Kier molecular flexibility index (Phi) is 5.72. The van der Waals surface area contributed by atoms with Crippen LogP contribution >= 0.6 is 0 Å². The summed E-state index contributed by atoms with van der Waals surface area (Å²) in [5.41, 5.74) is 2.22. The molecule has 5 rings (SSSR count). The van der Waals surface area contributed by atoms with Crippen LogP contribution in [0, 0.1) is 19.7 Å². The molecule has 0 aliphatic carbocycles. The van der Waals surface area contributed by atoms with Crippen LogP contribution in [0.25, 0.3) is 22.4 Å². The first-order valence-corrected chi connectivity index (χ1v) is 12.2. The second-order valence-electron chi connectivity index (χ2n) is 8.01. The SMILES string of the molecule is Cc1ccc(F)c(S(=O)(=O)Nc2ccc(-c3nc(Oc4ccc(=O)[nH]c4)c4c(C)[nH]nc4n3)cc2)c1. The van der Waals surface area contributed by atoms with Crippen LogP contribution in [-0.2, 0) is 10.0 Å². The molecule has 3 heterocycles. The highest BCUT2D eigenvalue weighted by atomic mass is 32.2. The van der Waals surface area contributed by atoms with Crippen molar-refractivity contribution in [1.82, 2.24) is 25.1 Å². The Hall–Kier alpha value is -4.58. The highest BCUT2D eigenvalue weighted by Crippen LogP contribution is 2.31. The molecule has 3 N–H and O–H groups in total. The smallest absolute Gasteiger partial charge is 0.264 e. The van der Waals surface area contributed by atoms with Crippen LogP contribution in [0.2, 0.25) is 0 Å². The molecule has 0 atom stereocenters. The third-order valence-electron chi connectivity index (χ3n) is 5.30. The molecule has 0 saturated carbocycles. The van der Waals surface area contributed by atoms with Gasteiger partial charge in [-0.15, -0.1) is 0 Å². The molecular formula is C24H19FN6O4S. The third kappa shape index (κ3) is 4.53. The van der Waals surface area contributed by atoms with E-state index < -0.39 is 20.7 Å². The van der Waals surface area contributed by atoms with Crippen molar-refractivity contribution in [1.29, 1.82) is 0 Å². The number of aromatic amines is 2. The average molecular weight is 507 g/mol. The molecule has 36 heavy (non-hydrogen) atoms. The minimum Gasteiger partial charge on any atom is -0.437 e. The van der Waals surface area contributed by atoms with Gasteiger partial charge in [-0.2, -0.15) is 10.1 Å². The fourth-order valence-corrected chi connectivity index (χ4v) is 4.74. The fraction of sp³-hybridized carbons (Fsp3) is 0.0833. The predicted octanol–water partition coefficient (Wildman–Crippen LogP) is 4.06. The second kappa shape index (κ2) is 8.89. The summed E-state index contributed by atoms with van der Waals surface area (Å²) in [5, 5.41) is 7.62. The van der Waals surface area contributed by atoms with Crippen LogP contribution in [0.1, 0.15) is 11.3 Å². The van der Waals surface area contributed by atoms with E-state index in [0.29, 0.717) is 33.6 Å². The maximum absolute atomic E-state index is 14.1. The number of H-pyrrole nitrogens is 2. The number of ether oxygens (including phenoxy) is 1. The lowest BCUT2D eigenvalue weighted by Crippen LogP contribution is -2.14. The van der Waals surface area contributed by atoms with Crippen molar-refractivity contribution in [2.24, 2.45) is 0 Å². The van der Waals surface area contributed by atoms with E-state index in [-0.39, 0.29) is 23.0 Å². The molecule has 0 spiro atoms. The molecule has 0 bridgehead atoms. The molecular weight excluding hydrogens is 487 g/mol. The monoisotopic (exact) mass is 506 g/mol. The van der Waals surface area contributed by atoms with Gasteiger partial charge in [0.05, 0.1) is 0 Å². The number of fused-ring (bicyclic) bond motifs is 1. The van der Waals surface area contributed by atoms with Gasteiger partial charge >= 0.3 is 0 Å². The van der Waals surface area contributed by atoms with Gasteiger partial charge in [0.2, 0.25) is 11.4 Å². The van der Waals surface area contributed by atoms with E-state index in [1.54, 1.807) is 26.0 Å². The zero-order valence-corrected chi connectivity index (χ0v) is 19.9. The van der Waals surface area contributed by atoms with Crippen molar-refractivity contribution in [3.63, 3.8) is 0 Å². The topological polar surface area (TPSA) is 143 Å². The number of hydrogen-bond donors (Lipinski definition) is 3. The third-order valence-corrected chi connectivity index (χ3v) is 6.70. The summed E-state index contributed by atoms with van der Waals surface area (Å²) >= 11 is 0. The molecule has 0 saturated heterocycles. The van der Waals surface area contributed by atoms with E-state index in [2.05, 4.69) is 29.9 Å². The zero-order valence-electron chi connectivity index (χ0n) is 19.0. The van der Waals surface area contributed by atoms with Gasteiger partial charge in [0, 0.05) is 29.2 Å². The van der Waals surface area contributed by atoms with Crippen LogP contribution in [0.4, 0.5) is 10.1 Å². The number of aryl methyl sites for hydroxylation is 2. The van der Waals surface area contributed by atoms with Crippen molar-refractivity contribution in [3.8, 4) is 23.0 Å². The maximum atomic E-state index is 14.1. The molecule has 12 heteroatoms. The molecule has 0 unspecified atom stereocenters. The number of anilines is 1. The van der Waals surface area contributed by atoms with E-state index >= 15 is 0 Å². The molecule has 2 aromatic carbocycles. The van der Waals surface area contributed by atoms with Gasteiger partial charge in [-0.25, -0.2) is 17.8 Å². The number of nitrogens with one attached hydrogen (secondary N) is 3. The van der Waals surface area contributed by atoms with Crippen LogP contribution in [0.15, 0.2) is 70.5 Å². The second-order valence-corrected chi connectivity index (χ2v) is 9.66. The first-order valence-electron chi connectivity index (χ1n) is 10.7. The van der Waals surface area contributed by atoms with Crippen LogP contribution in [0.3, 0.4) is 0 Å². The van der Waals surface area contributed by atoms with E-state index in [1.807, 2.05) is 0 Å². The number of rotatable bonds is 6. The Balaban J connectivity index is 1.47. The minimum atomic E-state index is -4.13. The average Bonchev–Trinajstić information content (AvgIpc) is 3.23. The zero-order chi connectivity index (χ0) is 25.4. The van der Waals surface area contributed by atoms with Crippen molar-refractivity contribution in [2.75, 3.05) is 4.72 Å². The van der Waals surface area contributed by atoms with Crippen molar-refractivity contribution in [2.45, 2.75) is 18.7 Å². The normalized spacial score (nSPS) is 11.5.